The van der Waals surface area contributed by atoms with E-state index >= 15 is 0 Å². The molecule has 13 heteroatoms. The standard InChI is InChI=1S/2C19H38O2.C10H20.C2H6.H5IP4.4H3P/c2*1-3-4-5-6-7-8-9-10-11-12-13-14-15-16-17-18-19(20)21-2;1-7-5-8(2)10(4)9(3)6-7;1-2;1-5(3)4-2;;;;/h2*3-18H2,1-2H3;7-10H,5-6H2,1-4H3;1-2H3;4H,2-3H2;4*1H3. The molecule has 0 aromatic carbocycles. The van der Waals surface area contributed by atoms with E-state index in [1.54, 1.807) is 0 Å². The van der Waals surface area contributed by atoms with Crippen molar-refractivity contribution in [3.05, 3.63) is 0 Å². The Balaban J connectivity index is -0.000000112. The largest absolute Gasteiger partial charge is 0.469 e. The number of rotatable bonds is 33. The Hall–Kier alpha value is 3.11. The summed E-state index contributed by atoms with van der Waals surface area (Å²) in [5.41, 5.74) is 0. The van der Waals surface area contributed by atoms with E-state index in [0.29, 0.717) is 12.8 Å². The molecule has 10 unspecified atom stereocenters. The maximum atomic E-state index is 10.9. The lowest BCUT2D eigenvalue weighted by Gasteiger charge is -2.35. The summed E-state index contributed by atoms with van der Waals surface area (Å²) in [6.07, 6.45) is 44.8. The number of halogens is 1. The molecule has 1 aliphatic carbocycles. The zero-order valence-electron chi connectivity index (χ0n) is 44.3. The highest BCUT2D eigenvalue weighted by molar-refractivity contribution is 14.2. The smallest absolute Gasteiger partial charge is 0.305 e. The fraction of sp³-hybridized carbons (Fsp3) is 0.960. The number of unbranched alkanes of at least 4 members (excludes halogenated alkanes) is 28. The fourth-order valence-corrected chi connectivity index (χ4v) is 7.84. The summed E-state index contributed by atoms with van der Waals surface area (Å²) in [7, 11) is 9.48. The minimum Gasteiger partial charge on any atom is -0.469 e. The van der Waals surface area contributed by atoms with Gasteiger partial charge in [-0.15, -0.1) is 8.93 Å². The third kappa shape index (κ3) is 74.2. The topological polar surface area (TPSA) is 52.6 Å². The van der Waals surface area contributed by atoms with Crippen molar-refractivity contribution in [1.82, 2.24) is 0 Å². The van der Waals surface area contributed by atoms with Crippen LogP contribution in [-0.4, -0.2) is 26.2 Å². The van der Waals surface area contributed by atoms with Crippen molar-refractivity contribution in [3.63, 3.8) is 0 Å². The Morgan fingerprint density at radius 3 is 0.857 bits per heavy atom. The van der Waals surface area contributed by atoms with Gasteiger partial charge in [-0.25, -0.2) is 0 Å². The molecule has 0 aromatic rings. The van der Waals surface area contributed by atoms with Crippen molar-refractivity contribution in [3.8, 4) is 0 Å². The first-order valence-corrected chi connectivity index (χ1v) is 34.7. The van der Waals surface area contributed by atoms with E-state index in [2.05, 4.69) is 90.9 Å². The van der Waals surface area contributed by atoms with E-state index in [9.17, 15) is 9.59 Å². The highest BCUT2D eigenvalue weighted by Crippen LogP contribution is 2.71. The van der Waals surface area contributed by atoms with Crippen LogP contribution in [0.5, 0.6) is 0 Å². The van der Waals surface area contributed by atoms with Crippen LogP contribution in [0.3, 0.4) is 0 Å². The molecule has 0 saturated heterocycles. The summed E-state index contributed by atoms with van der Waals surface area (Å²) in [5.74, 6) is 3.71. The zero-order valence-corrected chi connectivity index (χ0v) is 56.3. The average Bonchev–Trinajstić information content (AvgIpc) is 3.23. The Labute approximate surface area is 432 Å². The monoisotopic (exact) mass is 1160 g/mol. The first-order chi connectivity index (χ1) is 28.5. The van der Waals surface area contributed by atoms with Crippen molar-refractivity contribution in [1.29, 1.82) is 0 Å². The lowest BCUT2D eigenvalue weighted by molar-refractivity contribution is -0.141. The molecule has 0 spiro atoms. The maximum Gasteiger partial charge on any atom is 0.305 e. The van der Waals surface area contributed by atoms with E-state index in [0.717, 1.165) is 44.5 Å². The van der Waals surface area contributed by atoms with Crippen LogP contribution >= 0.6 is 92.4 Å². The summed E-state index contributed by atoms with van der Waals surface area (Å²) >= 11 is 2.43. The SMILES string of the molecule is CC.CC1CC(C)C(C)C(C)C1.CCCCCCCCCCCCCCCCCC(=O)OC.CCCCCCCCCCCCCCCCCC(=O)OC.P.P.P.P.PPP(P)I. The molecule has 1 fully saturated rings. The van der Waals surface area contributed by atoms with Crippen LogP contribution in [0.2, 0.25) is 0 Å². The lowest BCUT2D eigenvalue weighted by Crippen LogP contribution is -2.26. The second-order valence-corrected chi connectivity index (χ2v) is 34.9. The summed E-state index contributed by atoms with van der Waals surface area (Å²) in [4.78, 5) is 22.1. The minimum absolute atomic E-state index is 0. The molecule has 0 radical (unpaired) electrons. The molecule has 390 valence electrons. The van der Waals surface area contributed by atoms with E-state index in [1.165, 1.54) is 207 Å². The summed E-state index contributed by atoms with van der Waals surface area (Å²) in [5, 5.41) is 0. The molecule has 4 nitrogen and oxygen atoms in total. The van der Waals surface area contributed by atoms with Crippen molar-refractivity contribution in [2.45, 2.75) is 274 Å². The van der Waals surface area contributed by atoms with Crippen LogP contribution < -0.4 is 0 Å². The molecular weight excluding hydrogens is 1040 g/mol. The van der Waals surface area contributed by atoms with Crippen molar-refractivity contribution < 1.29 is 19.1 Å². The molecular formula is C50H119IO4P8. The van der Waals surface area contributed by atoms with E-state index in [1.807, 2.05) is 13.8 Å². The Bertz CT molecular complexity index is 762. The van der Waals surface area contributed by atoms with Gasteiger partial charge in [-0.3, -0.25) is 9.59 Å². The van der Waals surface area contributed by atoms with Crippen LogP contribution in [0, 0.1) is 23.7 Å². The molecule has 1 aliphatic rings. The number of carbonyl (C=O) groups excluding carboxylic acids is 2. The number of esters is 2. The Morgan fingerprint density at radius 2 is 0.683 bits per heavy atom. The van der Waals surface area contributed by atoms with Crippen molar-refractivity contribution in [2.24, 2.45) is 23.7 Å². The van der Waals surface area contributed by atoms with Crippen molar-refractivity contribution in [2.75, 3.05) is 14.2 Å². The van der Waals surface area contributed by atoms with Gasteiger partial charge in [-0.1, -0.05) is 252 Å². The van der Waals surface area contributed by atoms with Gasteiger partial charge in [0.2, 0.25) is 0 Å². The average molecular weight is 1160 g/mol. The summed E-state index contributed by atoms with van der Waals surface area (Å²) < 4.78 is 9.26. The van der Waals surface area contributed by atoms with Gasteiger partial charge in [0.25, 0.3) is 0 Å². The van der Waals surface area contributed by atoms with Crippen molar-refractivity contribution >= 4 is 104 Å². The Kier molecular flexibility index (Phi) is 94.4. The Morgan fingerprint density at radius 1 is 0.492 bits per heavy atom. The van der Waals surface area contributed by atoms with E-state index < -0.39 is 0 Å². The lowest BCUT2D eigenvalue weighted by atomic mass is 9.71. The van der Waals surface area contributed by atoms with Gasteiger partial charge in [0.05, 0.1) is 14.2 Å². The van der Waals surface area contributed by atoms with Gasteiger partial charge in [-0.05, 0) is 71.4 Å². The fourth-order valence-electron chi connectivity index (χ4n) is 7.84. The first-order valence-electron chi connectivity index (χ1n) is 25.3. The highest BCUT2D eigenvalue weighted by Gasteiger charge is 2.27. The summed E-state index contributed by atoms with van der Waals surface area (Å²) in [6.45, 7) is 18.1. The van der Waals surface area contributed by atoms with Crippen LogP contribution in [0.15, 0.2) is 0 Å². The third-order valence-corrected chi connectivity index (χ3v) is 26.6. The number of carbonyl (C=O) groups is 2. The number of methoxy groups -OCH3 is 2. The van der Waals surface area contributed by atoms with Gasteiger partial charge in [0, 0.05) is 17.8 Å². The normalized spacial score (nSPS) is 16.5. The molecule has 1 rings (SSSR count). The molecule has 0 bridgehead atoms. The second kappa shape index (κ2) is 71.7. The quantitative estimate of drug-likeness (QED) is 0.0284. The maximum absolute atomic E-state index is 10.9. The number of hydrogen-bond donors (Lipinski definition) is 0. The molecule has 0 N–H and O–H groups in total. The van der Waals surface area contributed by atoms with Crippen LogP contribution in [0.1, 0.15) is 274 Å². The van der Waals surface area contributed by atoms with E-state index in [-0.39, 0.29) is 56.5 Å². The minimum atomic E-state index is -0.0651. The predicted octanol–water partition coefficient (Wildman–Crippen LogP) is 20.4. The second-order valence-electron chi connectivity index (χ2n) is 17.4. The molecule has 0 amide bonds. The van der Waals surface area contributed by atoms with Crippen LogP contribution in [-0.2, 0) is 19.1 Å². The molecule has 63 heavy (non-hydrogen) atoms. The van der Waals surface area contributed by atoms with Gasteiger partial charge in [0.1, 0.15) is 0 Å². The third-order valence-electron chi connectivity index (χ3n) is 11.9. The molecule has 1 saturated carbocycles. The van der Waals surface area contributed by atoms with Gasteiger partial charge >= 0.3 is 11.9 Å². The molecule has 0 aliphatic heterocycles. The molecule has 0 aromatic heterocycles. The van der Waals surface area contributed by atoms with E-state index in [4.69, 9.17) is 0 Å². The van der Waals surface area contributed by atoms with Crippen LogP contribution in [0.4, 0.5) is 0 Å². The highest BCUT2D eigenvalue weighted by atomic mass is 127. The molecule has 10 atom stereocenters. The van der Waals surface area contributed by atoms with Gasteiger partial charge in [0.15, 0.2) is 0 Å². The predicted molar refractivity (Wildman–Crippen MR) is 333 cm³/mol. The number of hydrogen-bond acceptors (Lipinski definition) is 4. The van der Waals surface area contributed by atoms with Gasteiger partial charge in [-0.2, -0.15) is 39.6 Å². The number of ether oxygens (including phenoxy) is 2. The zero-order chi connectivity index (χ0) is 45.2. The molecule has 0 heterocycles. The van der Waals surface area contributed by atoms with Crippen LogP contribution in [0.25, 0.3) is 0 Å². The first kappa shape index (κ1) is 83.0. The van der Waals surface area contributed by atoms with Gasteiger partial charge < -0.3 is 9.47 Å². The summed E-state index contributed by atoms with van der Waals surface area (Å²) in [6, 6.07) is 0.